The maximum Gasteiger partial charge on any atom is 0.300 e. The molecule has 1 atom stereocenters. The van der Waals surface area contributed by atoms with Gasteiger partial charge in [0.2, 0.25) is 0 Å². The van der Waals surface area contributed by atoms with Gasteiger partial charge in [-0.15, -0.1) is 0 Å². The molecular formula is C14H20ClN5O2. The Balaban J connectivity index is 1.95. The fourth-order valence-corrected chi connectivity index (χ4v) is 2.64. The van der Waals surface area contributed by atoms with Crippen LogP contribution in [0.2, 0.25) is 5.15 Å². The van der Waals surface area contributed by atoms with E-state index in [0.717, 1.165) is 32.4 Å². The third-order valence-electron chi connectivity index (χ3n) is 3.61. The maximum absolute atomic E-state index is 6.13. The minimum Gasteiger partial charge on any atom is -0.463 e. The second kappa shape index (κ2) is 6.76. The van der Waals surface area contributed by atoms with Gasteiger partial charge < -0.3 is 14.4 Å². The summed E-state index contributed by atoms with van der Waals surface area (Å²) in [6.45, 7) is 2.07. The standard InChI is InChI=1S/C14H20ClN5O2/c1-19(2)6-8-22-14-18-11-12(15)16-9-17-13(11)20(14)10-5-3-4-7-21-10/h9-10H,3-8H2,1-2H3. The van der Waals surface area contributed by atoms with Gasteiger partial charge in [-0.2, -0.15) is 4.98 Å². The fourth-order valence-electron chi connectivity index (χ4n) is 2.47. The highest BCUT2D eigenvalue weighted by Gasteiger charge is 2.25. The summed E-state index contributed by atoms with van der Waals surface area (Å²) in [6.07, 6.45) is 4.43. The zero-order valence-electron chi connectivity index (χ0n) is 12.8. The summed E-state index contributed by atoms with van der Waals surface area (Å²) < 4.78 is 13.6. The molecule has 0 radical (unpaired) electrons. The lowest BCUT2D eigenvalue weighted by atomic mass is 10.2. The number of hydrogen-bond acceptors (Lipinski definition) is 6. The molecule has 0 spiro atoms. The van der Waals surface area contributed by atoms with Crippen LogP contribution in [0, 0.1) is 0 Å². The molecule has 1 saturated heterocycles. The van der Waals surface area contributed by atoms with Crippen molar-refractivity contribution in [2.24, 2.45) is 0 Å². The van der Waals surface area contributed by atoms with Crippen LogP contribution in [0.5, 0.6) is 6.01 Å². The van der Waals surface area contributed by atoms with Gasteiger partial charge in [0, 0.05) is 13.2 Å². The molecule has 8 heteroatoms. The second-order valence-corrected chi connectivity index (χ2v) is 5.93. The lowest BCUT2D eigenvalue weighted by Gasteiger charge is -2.25. The highest BCUT2D eigenvalue weighted by atomic mass is 35.5. The van der Waals surface area contributed by atoms with E-state index in [-0.39, 0.29) is 6.23 Å². The van der Waals surface area contributed by atoms with Crippen molar-refractivity contribution in [1.29, 1.82) is 0 Å². The Bertz CT molecular complexity index is 639. The van der Waals surface area contributed by atoms with Crippen LogP contribution in [0.3, 0.4) is 0 Å². The van der Waals surface area contributed by atoms with Crippen molar-refractivity contribution in [2.45, 2.75) is 25.5 Å². The van der Waals surface area contributed by atoms with Gasteiger partial charge in [-0.05, 0) is 33.4 Å². The number of aromatic nitrogens is 4. The van der Waals surface area contributed by atoms with E-state index in [4.69, 9.17) is 21.1 Å². The number of halogens is 1. The van der Waals surface area contributed by atoms with Crippen LogP contribution in [0.15, 0.2) is 6.33 Å². The minimum absolute atomic E-state index is 0.112. The normalized spacial score (nSPS) is 19.0. The summed E-state index contributed by atoms with van der Waals surface area (Å²) in [7, 11) is 4.00. The Morgan fingerprint density at radius 2 is 2.27 bits per heavy atom. The van der Waals surface area contributed by atoms with Gasteiger partial charge in [-0.3, -0.25) is 4.57 Å². The molecular weight excluding hydrogens is 306 g/mol. The van der Waals surface area contributed by atoms with Gasteiger partial charge in [-0.25, -0.2) is 9.97 Å². The molecule has 0 bridgehead atoms. The summed E-state index contributed by atoms with van der Waals surface area (Å²) in [5.74, 6) is 0. The number of fused-ring (bicyclic) bond motifs is 1. The Labute approximate surface area is 134 Å². The average Bonchev–Trinajstić information content (AvgIpc) is 2.88. The van der Waals surface area contributed by atoms with Crippen molar-refractivity contribution >= 4 is 22.8 Å². The number of likely N-dealkylation sites (N-methyl/N-ethyl adjacent to an activating group) is 1. The summed E-state index contributed by atoms with van der Waals surface area (Å²) >= 11 is 6.13. The van der Waals surface area contributed by atoms with E-state index < -0.39 is 0 Å². The summed E-state index contributed by atoms with van der Waals surface area (Å²) in [5.41, 5.74) is 1.21. The van der Waals surface area contributed by atoms with Gasteiger partial charge in [0.1, 0.15) is 24.7 Å². The predicted octanol–water partition coefficient (Wildman–Crippen LogP) is 2.12. The number of ether oxygens (including phenoxy) is 2. The zero-order valence-corrected chi connectivity index (χ0v) is 13.6. The third-order valence-corrected chi connectivity index (χ3v) is 3.89. The molecule has 120 valence electrons. The number of hydrogen-bond donors (Lipinski definition) is 0. The first-order chi connectivity index (χ1) is 10.7. The van der Waals surface area contributed by atoms with Crippen LogP contribution in [0.4, 0.5) is 0 Å². The minimum atomic E-state index is -0.112. The molecule has 2 aromatic heterocycles. The second-order valence-electron chi connectivity index (χ2n) is 5.57. The molecule has 1 fully saturated rings. The van der Waals surface area contributed by atoms with Crippen molar-refractivity contribution in [2.75, 3.05) is 33.9 Å². The molecule has 1 aliphatic rings. The van der Waals surface area contributed by atoms with E-state index >= 15 is 0 Å². The van der Waals surface area contributed by atoms with Crippen molar-refractivity contribution < 1.29 is 9.47 Å². The Hall–Kier alpha value is -1.44. The molecule has 0 aromatic carbocycles. The summed E-state index contributed by atoms with van der Waals surface area (Å²) in [6, 6.07) is 0.492. The molecule has 0 N–H and O–H groups in total. The van der Waals surface area contributed by atoms with Crippen LogP contribution < -0.4 is 4.74 Å². The molecule has 22 heavy (non-hydrogen) atoms. The molecule has 1 unspecified atom stereocenters. The van der Waals surface area contributed by atoms with Crippen LogP contribution >= 0.6 is 11.6 Å². The van der Waals surface area contributed by atoms with Gasteiger partial charge in [0.25, 0.3) is 0 Å². The molecule has 7 nitrogen and oxygen atoms in total. The smallest absolute Gasteiger partial charge is 0.300 e. The quantitative estimate of drug-likeness (QED) is 0.785. The Morgan fingerprint density at radius 1 is 1.41 bits per heavy atom. The van der Waals surface area contributed by atoms with Crippen molar-refractivity contribution in [3.05, 3.63) is 11.5 Å². The monoisotopic (exact) mass is 325 g/mol. The molecule has 0 saturated carbocycles. The Morgan fingerprint density at radius 3 is 3.00 bits per heavy atom. The van der Waals surface area contributed by atoms with Crippen LogP contribution in [0.25, 0.3) is 11.2 Å². The van der Waals surface area contributed by atoms with E-state index in [2.05, 4.69) is 19.9 Å². The lowest BCUT2D eigenvalue weighted by Crippen LogP contribution is -2.23. The first kappa shape index (κ1) is 15.5. The van der Waals surface area contributed by atoms with Crippen molar-refractivity contribution in [3.8, 4) is 6.01 Å². The number of rotatable bonds is 5. The van der Waals surface area contributed by atoms with E-state index in [0.29, 0.717) is 28.9 Å². The zero-order chi connectivity index (χ0) is 15.5. The molecule has 3 rings (SSSR count). The van der Waals surface area contributed by atoms with E-state index in [9.17, 15) is 0 Å². The molecule has 3 heterocycles. The third kappa shape index (κ3) is 3.16. The average molecular weight is 326 g/mol. The first-order valence-electron chi connectivity index (χ1n) is 7.44. The van der Waals surface area contributed by atoms with Crippen LogP contribution in [-0.4, -0.2) is 58.3 Å². The van der Waals surface area contributed by atoms with Crippen LogP contribution in [0.1, 0.15) is 25.5 Å². The molecule has 1 aliphatic heterocycles. The highest BCUT2D eigenvalue weighted by Crippen LogP contribution is 2.32. The van der Waals surface area contributed by atoms with Gasteiger partial charge in [0.15, 0.2) is 10.8 Å². The fraction of sp³-hybridized carbons (Fsp3) is 0.643. The predicted molar refractivity (Wildman–Crippen MR) is 83.2 cm³/mol. The van der Waals surface area contributed by atoms with Gasteiger partial charge in [-0.1, -0.05) is 11.6 Å². The molecule has 0 amide bonds. The largest absolute Gasteiger partial charge is 0.463 e. The summed E-state index contributed by atoms with van der Waals surface area (Å²) in [4.78, 5) is 14.8. The maximum atomic E-state index is 6.13. The molecule has 2 aromatic rings. The van der Waals surface area contributed by atoms with E-state index in [1.54, 1.807) is 0 Å². The lowest BCUT2D eigenvalue weighted by molar-refractivity contribution is -0.0343. The topological polar surface area (TPSA) is 65.3 Å². The number of nitrogens with zero attached hydrogens (tertiary/aromatic N) is 5. The van der Waals surface area contributed by atoms with E-state index in [1.807, 2.05) is 18.7 Å². The molecule has 0 aliphatic carbocycles. The van der Waals surface area contributed by atoms with Gasteiger partial charge in [0.05, 0.1) is 0 Å². The Kier molecular flexibility index (Phi) is 4.75. The SMILES string of the molecule is CN(C)CCOc1nc2c(Cl)ncnc2n1C1CCCCO1. The van der Waals surface area contributed by atoms with E-state index in [1.165, 1.54) is 6.33 Å². The summed E-state index contributed by atoms with van der Waals surface area (Å²) in [5, 5.41) is 0.331. The van der Waals surface area contributed by atoms with Crippen molar-refractivity contribution in [1.82, 2.24) is 24.4 Å². The first-order valence-corrected chi connectivity index (χ1v) is 7.82. The number of imidazole rings is 1. The van der Waals surface area contributed by atoms with Crippen molar-refractivity contribution in [3.63, 3.8) is 0 Å². The van der Waals surface area contributed by atoms with Crippen LogP contribution in [-0.2, 0) is 4.74 Å². The highest BCUT2D eigenvalue weighted by molar-refractivity contribution is 6.33. The van der Waals surface area contributed by atoms with Gasteiger partial charge >= 0.3 is 6.01 Å².